The Bertz CT molecular complexity index is 9890. The van der Waals surface area contributed by atoms with Gasteiger partial charge in [0.15, 0.2) is 0 Å². The van der Waals surface area contributed by atoms with Gasteiger partial charge in [-0.25, -0.2) is 0 Å². The van der Waals surface area contributed by atoms with Gasteiger partial charge in [0.2, 0.25) is 0 Å². The van der Waals surface area contributed by atoms with Crippen LogP contribution >= 0.6 is 68.0 Å². The third-order valence-corrected chi connectivity index (χ3v) is 34.9. The summed E-state index contributed by atoms with van der Waals surface area (Å²) in [4.78, 5) is 14.4. The molecule has 148 heavy (non-hydrogen) atoms. The van der Waals surface area contributed by atoms with Crippen LogP contribution in [0.1, 0.15) is 0 Å². The molecule has 0 N–H and O–H groups in total. The highest BCUT2D eigenvalue weighted by atomic mass is 32.1. The van der Waals surface area contributed by atoms with E-state index in [1.54, 1.807) is 0 Å². The zero-order valence-electron chi connectivity index (χ0n) is 80.1. The molecule has 0 bridgehead atoms. The summed E-state index contributed by atoms with van der Waals surface area (Å²) < 4.78 is 15.5. The van der Waals surface area contributed by atoms with Crippen LogP contribution in [0.25, 0.3) is 143 Å². The first kappa shape index (κ1) is 89.3. The number of para-hydroxylation sites is 7. The van der Waals surface area contributed by atoms with Gasteiger partial charge in [0.05, 0.1) is 17.1 Å². The molecule has 6 heterocycles. The smallest absolute Gasteiger partial charge is 0.0554 e. The van der Waals surface area contributed by atoms with Crippen LogP contribution in [-0.4, -0.2) is 0 Å². The molecule has 0 saturated heterocycles. The normalized spacial score (nSPS) is 11.5. The number of fused-ring (bicyclic) bond motifs is 19. The average molecular weight is 2000 g/mol. The summed E-state index contributed by atoms with van der Waals surface area (Å²) >= 11 is 11.1. The maximum Gasteiger partial charge on any atom is 0.0554 e. The minimum Gasteiger partial charge on any atom is -0.310 e. The highest BCUT2D eigenvalue weighted by molar-refractivity contribution is 7.28. The third-order valence-electron chi connectivity index (χ3n) is 28.1. The monoisotopic (exact) mass is 2000 g/mol. The summed E-state index contributed by atoms with van der Waals surface area (Å²) in [7, 11) is 0. The summed E-state index contributed by atoms with van der Waals surface area (Å²) in [6.45, 7) is 0. The number of thiophene rings is 6. The number of anilines is 18. The van der Waals surface area contributed by atoms with Gasteiger partial charge in [-0.15, -0.1) is 68.0 Å². The number of rotatable bonds is 19. The first-order chi connectivity index (χ1) is 73.4. The maximum absolute atomic E-state index is 2.42. The van der Waals surface area contributed by atoms with Crippen molar-refractivity contribution in [3.63, 3.8) is 0 Å². The van der Waals surface area contributed by atoms with E-state index in [2.05, 4.69) is 575 Å². The van der Waals surface area contributed by atoms with Crippen molar-refractivity contribution in [1.82, 2.24) is 0 Å². The van der Waals surface area contributed by atoms with Gasteiger partial charge in [-0.3, -0.25) is 0 Å². The van der Waals surface area contributed by atoms with Crippen molar-refractivity contribution in [2.45, 2.75) is 0 Å². The average Bonchev–Trinajstić information content (AvgIpc) is 1.55. The summed E-state index contributed by atoms with van der Waals surface area (Å²) in [5.41, 5.74) is 23.0. The Kier molecular flexibility index (Phi) is 23.4. The molecule has 6 aromatic heterocycles. The van der Waals surface area contributed by atoms with E-state index >= 15 is 0 Å². The van der Waals surface area contributed by atoms with Crippen molar-refractivity contribution in [2.75, 3.05) is 29.4 Å². The van der Waals surface area contributed by atoms with Crippen LogP contribution in [-0.2, 0) is 0 Å². The van der Waals surface area contributed by atoms with Crippen LogP contribution in [0.4, 0.5) is 102 Å². The first-order valence-electron chi connectivity index (χ1n) is 49.8. The summed E-state index contributed by atoms with van der Waals surface area (Å²) in [5, 5.41) is 17.8. The molecule has 0 amide bonds. The minimum absolute atomic E-state index is 1.12. The van der Waals surface area contributed by atoms with E-state index in [4.69, 9.17) is 0 Å². The topological polar surface area (TPSA) is 19.4 Å². The SMILES string of the molecule is c1ccc(-c2ccc(N(c3ccc4sc5ccccc5c4c3)c3ccc4sc5cccc(N(c6ccccc6)c6ccccc6)c5c4c3)cc2)cc1.c1ccc(N(c2ccc3sc4ccccc4c3c2)c2ccc3sc4cc(N(c5ccccc5)c5cccc6ccccc56)ccc4c3c2)cc1.c1ccc(N(c2ccc3sc4ccccc4c3c2)c2ccc3sc4cccc(N(c5ccccc5)c5ccccc5)c4c3c2)cc1. The van der Waals surface area contributed by atoms with Crippen molar-refractivity contribution in [2.24, 2.45) is 0 Å². The van der Waals surface area contributed by atoms with Gasteiger partial charge in [-0.05, 0) is 283 Å². The predicted molar refractivity (Wildman–Crippen MR) is 648 cm³/mol. The van der Waals surface area contributed by atoms with Crippen molar-refractivity contribution in [3.8, 4) is 11.1 Å². The fourth-order valence-electron chi connectivity index (χ4n) is 21.3. The molecule has 0 aliphatic carbocycles. The summed E-state index contributed by atoms with van der Waals surface area (Å²) in [5.74, 6) is 0. The van der Waals surface area contributed by atoms with E-state index in [1.807, 2.05) is 68.0 Å². The van der Waals surface area contributed by atoms with Gasteiger partial charge in [-0.1, -0.05) is 279 Å². The van der Waals surface area contributed by atoms with Crippen LogP contribution in [0, 0.1) is 0 Å². The van der Waals surface area contributed by atoms with Crippen LogP contribution < -0.4 is 29.4 Å². The molecule has 0 saturated carbocycles. The number of hydrogen-bond donors (Lipinski definition) is 0. The predicted octanol–water partition coefficient (Wildman–Crippen LogP) is 42.9. The van der Waals surface area contributed by atoms with Gasteiger partial charge in [0.25, 0.3) is 0 Å². The highest BCUT2D eigenvalue weighted by Gasteiger charge is 2.27. The summed E-state index contributed by atoms with van der Waals surface area (Å²) in [6.07, 6.45) is 0. The Morgan fingerprint density at radius 1 is 0.108 bits per heavy atom. The van der Waals surface area contributed by atoms with Gasteiger partial charge in [-0.2, -0.15) is 0 Å². The van der Waals surface area contributed by atoms with Crippen molar-refractivity contribution >= 4 is 302 Å². The number of benzene rings is 23. The lowest BCUT2D eigenvalue weighted by Gasteiger charge is -2.27. The number of nitrogens with zero attached hydrogens (tertiary/aromatic N) is 6. The molecule has 12 heteroatoms. The summed E-state index contributed by atoms with van der Waals surface area (Å²) in [6, 6.07) is 198. The fourth-order valence-corrected chi connectivity index (χ4v) is 27.9. The standard InChI is InChI=1S/C48H32N2S2.C46H30N2S2.C42H28N2S2/c1-4-13-33(14-5-1)34-23-25-37(26-24-34)49(38-27-29-45-41(31-38)40-19-10-11-21-44(40)51-45)39-28-30-46-42(32-39)48-43(20-12-22-47(48)52-46)50(35-15-6-2-7-16-35)36-17-8-3-9-18-36;1-3-14-32(15-4-1)47(34-23-26-44-40(28-34)38-19-9-10-21-43(38)49-44)35-24-27-45-41(29-35)39-25-22-36(30-46(39)50-45)48(33-16-5-2-6-17-33)42-20-11-13-31-12-7-8-18-37(31)42;1-4-13-29(14-5-1)43(32-23-25-39-35(27-32)34-19-10-11-21-38(34)45-39)33-24-26-40-36(28-33)42-37(20-12-22-41(42)46-40)44(30-15-6-2-7-16-30)31-17-8-3-9-18-31/h1-32H;1-30H;1-28H. The molecule has 0 unspecified atom stereocenters. The quantitative estimate of drug-likeness (QED) is 0.0798. The molecule has 0 atom stereocenters. The maximum atomic E-state index is 2.42. The molecule has 0 spiro atoms. The van der Waals surface area contributed by atoms with Crippen LogP contribution in [0.3, 0.4) is 0 Å². The molecular weight excluding hydrogens is 1910 g/mol. The van der Waals surface area contributed by atoms with Crippen LogP contribution in [0.5, 0.6) is 0 Å². The molecule has 6 nitrogen and oxygen atoms in total. The van der Waals surface area contributed by atoms with Gasteiger partial charge >= 0.3 is 0 Å². The Morgan fingerprint density at radius 2 is 0.324 bits per heavy atom. The van der Waals surface area contributed by atoms with E-state index in [-0.39, 0.29) is 0 Å². The van der Waals surface area contributed by atoms with Gasteiger partial charge in [0, 0.05) is 212 Å². The second-order valence-electron chi connectivity index (χ2n) is 36.9. The van der Waals surface area contributed by atoms with E-state index in [0.717, 1.165) is 85.3 Å². The van der Waals surface area contributed by atoms with E-state index < -0.39 is 0 Å². The van der Waals surface area contributed by atoms with E-state index in [0.29, 0.717) is 0 Å². The molecule has 0 aliphatic heterocycles. The van der Waals surface area contributed by atoms with Gasteiger partial charge in [0.1, 0.15) is 0 Å². The lowest BCUT2D eigenvalue weighted by atomic mass is 10.0. The zero-order valence-corrected chi connectivity index (χ0v) is 85.0. The van der Waals surface area contributed by atoms with Crippen LogP contribution in [0.15, 0.2) is 546 Å². The Balaban J connectivity index is 0.000000110. The van der Waals surface area contributed by atoms with Crippen molar-refractivity contribution in [3.05, 3.63) is 546 Å². The van der Waals surface area contributed by atoms with Gasteiger partial charge < -0.3 is 29.4 Å². The first-order valence-corrected chi connectivity index (χ1v) is 54.7. The molecule has 0 aliphatic rings. The second kappa shape index (κ2) is 38.9. The Morgan fingerprint density at radius 3 is 0.689 bits per heavy atom. The Hall–Kier alpha value is -17.6. The highest BCUT2D eigenvalue weighted by Crippen LogP contribution is 2.54. The van der Waals surface area contributed by atoms with Crippen molar-refractivity contribution in [1.29, 1.82) is 0 Å². The van der Waals surface area contributed by atoms with Crippen molar-refractivity contribution < 1.29 is 0 Å². The lowest BCUT2D eigenvalue weighted by Crippen LogP contribution is -2.10. The minimum atomic E-state index is 1.12. The lowest BCUT2D eigenvalue weighted by molar-refractivity contribution is 1.29. The van der Waals surface area contributed by atoms with E-state index in [9.17, 15) is 0 Å². The van der Waals surface area contributed by atoms with E-state index in [1.165, 1.54) is 160 Å². The Labute approximate surface area is 881 Å². The molecular formula is C136H90N6S6. The molecule has 23 aromatic carbocycles. The second-order valence-corrected chi connectivity index (χ2v) is 43.4. The third kappa shape index (κ3) is 16.7. The molecule has 29 aromatic rings. The molecule has 0 fully saturated rings. The molecule has 0 radical (unpaired) electrons. The van der Waals surface area contributed by atoms with Crippen LogP contribution in [0.2, 0.25) is 0 Å². The fraction of sp³-hybridized carbons (Fsp3) is 0. The number of hydrogen-bond acceptors (Lipinski definition) is 12. The zero-order chi connectivity index (χ0) is 97.9. The largest absolute Gasteiger partial charge is 0.310 e. The molecule has 29 rings (SSSR count). The molecule has 700 valence electrons.